The first-order valence-electron chi connectivity index (χ1n) is 9.57. The predicted molar refractivity (Wildman–Crippen MR) is 96.7 cm³/mol. The molecule has 0 aromatic heterocycles. The lowest BCUT2D eigenvalue weighted by molar-refractivity contribution is -0.153. The van der Waals surface area contributed by atoms with Gasteiger partial charge in [0.1, 0.15) is 5.75 Å². The summed E-state index contributed by atoms with van der Waals surface area (Å²) in [5.41, 5.74) is 2.32. The molecule has 0 unspecified atom stereocenters. The molecule has 5 nitrogen and oxygen atoms in total. The van der Waals surface area contributed by atoms with Gasteiger partial charge >= 0.3 is 5.97 Å². The molecule has 1 aromatic rings. The fourth-order valence-corrected chi connectivity index (χ4v) is 4.03. The third kappa shape index (κ3) is 3.76. The molecular weight excluding hydrogens is 330 g/mol. The number of nitrogens with zero attached hydrogens (tertiary/aromatic N) is 1. The number of amides is 1. The van der Waals surface area contributed by atoms with E-state index in [2.05, 4.69) is 18.2 Å². The number of cyclic esters (lactones) is 1. The van der Waals surface area contributed by atoms with Crippen LogP contribution in [0.1, 0.15) is 43.2 Å². The molecule has 2 atom stereocenters. The van der Waals surface area contributed by atoms with Crippen LogP contribution in [0.4, 0.5) is 0 Å². The molecule has 2 heterocycles. The van der Waals surface area contributed by atoms with E-state index in [0.717, 1.165) is 43.6 Å². The first-order chi connectivity index (χ1) is 12.7. The summed E-state index contributed by atoms with van der Waals surface area (Å²) in [6.07, 6.45) is 8.74. The van der Waals surface area contributed by atoms with E-state index < -0.39 is 6.10 Å². The fraction of sp³-hybridized carbons (Fsp3) is 0.524. The van der Waals surface area contributed by atoms with Crippen LogP contribution in [0.3, 0.4) is 0 Å². The highest BCUT2D eigenvalue weighted by atomic mass is 16.6. The Morgan fingerprint density at radius 2 is 2.12 bits per heavy atom. The van der Waals surface area contributed by atoms with Crippen molar-refractivity contribution in [1.29, 1.82) is 0 Å². The van der Waals surface area contributed by atoms with Gasteiger partial charge < -0.3 is 14.4 Å². The largest absolute Gasteiger partial charge is 0.493 e. The second-order valence-electron chi connectivity index (χ2n) is 7.43. The zero-order valence-electron chi connectivity index (χ0n) is 15.0. The van der Waals surface area contributed by atoms with Crippen molar-refractivity contribution in [3.63, 3.8) is 0 Å². The summed E-state index contributed by atoms with van der Waals surface area (Å²) in [5.74, 6) is 1.10. The van der Waals surface area contributed by atoms with E-state index in [-0.39, 0.29) is 11.9 Å². The lowest BCUT2D eigenvalue weighted by Gasteiger charge is -2.30. The monoisotopic (exact) mass is 355 g/mol. The van der Waals surface area contributed by atoms with E-state index >= 15 is 0 Å². The third-order valence-corrected chi connectivity index (χ3v) is 5.46. The van der Waals surface area contributed by atoms with E-state index in [1.807, 2.05) is 17.0 Å². The summed E-state index contributed by atoms with van der Waals surface area (Å²) < 4.78 is 10.8. The number of allylic oxidation sites excluding steroid dienone is 2. The Labute approximate surface area is 154 Å². The Morgan fingerprint density at radius 3 is 2.88 bits per heavy atom. The van der Waals surface area contributed by atoms with Crippen LogP contribution >= 0.6 is 0 Å². The van der Waals surface area contributed by atoms with Crippen LogP contribution < -0.4 is 4.74 Å². The van der Waals surface area contributed by atoms with Gasteiger partial charge in [-0.15, -0.1) is 0 Å². The van der Waals surface area contributed by atoms with Crippen LogP contribution in [0.25, 0.3) is 0 Å². The molecule has 0 radical (unpaired) electrons. The Bertz CT molecular complexity index is 727. The van der Waals surface area contributed by atoms with E-state index in [1.165, 1.54) is 5.56 Å². The van der Waals surface area contributed by atoms with Crippen molar-refractivity contribution in [2.45, 2.75) is 51.2 Å². The average Bonchev–Trinajstić information content (AvgIpc) is 3.30. The van der Waals surface area contributed by atoms with Crippen molar-refractivity contribution in [3.05, 3.63) is 41.5 Å². The van der Waals surface area contributed by atoms with Crippen LogP contribution in [-0.2, 0) is 27.3 Å². The molecule has 1 aliphatic carbocycles. The van der Waals surface area contributed by atoms with Gasteiger partial charge in [-0.2, -0.15) is 0 Å². The van der Waals surface area contributed by atoms with E-state index in [4.69, 9.17) is 9.47 Å². The lowest BCUT2D eigenvalue weighted by atomic mass is 9.93. The molecule has 3 aliphatic rings. The lowest BCUT2D eigenvalue weighted by Crippen LogP contribution is -2.41. The summed E-state index contributed by atoms with van der Waals surface area (Å²) in [7, 11) is 0. The highest BCUT2D eigenvalue weighted by Crippen LogP contribution is 2.28. The first-order valence-corrected chi connectivity index (χ1v) is 9.57. The number of hydrogen-bond acceptors (Lipinski definition) is 4. The van der Waals surface area contributed by atoms with Crippen molar-refractivity contribution in [2.24, 2.45) is 5.92 Å². The zero-order valence-corrected chi connectivity index (χ0v) is 15.0. The second kappa shape index (κ2) is 7.52. The minimum Gasteiger partial charge on any atom is -0.493 e. The van der Waals surface area contributed by atoms with Crippen LogP contribution in [0.15, 0.2) is 30.4 Å². The maximum Gasteiger partial charge on any atom is 0.306 e. The second-order valence-corrected chi connectivity index (χ2v) is 7.43. The molecular formula is C21H25NO4. The number of esters is 1. The van der Waals surface area contributed by atoms with Gasteiger partial charge in [0, 0.05) is 32.4 Å². The summed E-state index contributed by atoms with van der Waals surface area (Å²) in [4.78, 5) is 26.3. The quantitative estimate of drug-likeness (QED) is 0.602. The summed E-state index contributed by atoms with van der Waals surface area (Å²) in [5, 5.41) is 0. The van der Waals surface area contributed by atoms with Gasteiger partial charge in [0.15, 0.2) is 6.10 Å². The van der Waals surface area contributed by atoms with Crippen LogP contribution in [-0.4, -0.2) is 36.0 Å². The SMILES string of the molecule is O=C1CC[C@H](C(=O)N(Cc2ccc3c(c2)CCO3)C[C@H]2CC=CCC2)O1. The first kappa shape index (κ1) is 17.1. The minimum absolute atomic E-state index is 0.0536. The third-order valence-electron chi connectivity index (χ3n) is 5.46. The van der Waals surface area contributed by atoms with Crippen LogP contribution in [0, 0.1) is 5.92 Å². The molecule has 1 amide bonds. The molecule has 0 N–H and O–H groups in total. The number of hydrogen-bond donors (Lipinski definition) is 0. The minimum atomic E-state index is -0.612. The standard InChI is InChI=1S/C21H25NO4/c23-20-9-8-19(26-20)21(24)22(13-15-4-2-1-3-5-15)14-16-6-7-18-17(12-16)10-11-25-18/h1-2,6-7,12,15,19H,3-5,8-11,13-14H2/t15-,19+/m0/s1. The van der Waals surface area contributed by atoms with Crippen molar-refractivity contribution in [1.82, 2.24) is 4.90 Å². The molecule has 1 saturated heterocycles. The molecule has 1 fully saturated rings. The predicted octanol–water partition coefficient (Wildman–Crippen LogP) is 3.01. The number of benzene rings is 1. The van der Waals surface area contributed by atoms with E-state index in [1.54, 1.807) is 0 Å². The van der Waals surface area contributed by atoms with Crippen LogP contribution in [0.2, 0.25) is 0 Å². The smallest absolute Gasteiger partial charge is 0.306 e. The number of carbonyl (C=O) groups is 2. The van der Waals surface area contributed by atoms with Crippen molar-refractivity contribution in [3.8, 4) is 5.75 Å². The maximum absolute atomic E-state index is 13.0. The molecule has 26 heavy (non-hydrogen) atoms. The molecule has 0 bridgehead atoms. The molecule has 4 rings (SSSR count). The number of ether oxygens (including phenoxy) is 2. The molecule has 1 aromatic carbocycles. The number of fused-ring (bicyclic) bond motifs is 1. The van der Waals surface area contributed by atoms with Crippen LogP contribution in [0.5, 0.6) is 5.75 Å². The van der Waals surface area contributed by atoms with Gasteiger partial charge in [-0.05, 0) is 42.4 Å². The normalized spacial score (nSPS) is 24.1. The van der Waals surface area contributed by atoms with Crippen molar-refractivity contribution in [2.75, 3.05) is 13.2 Å². The molecule has 0 saturated carbocycles. The number of carbonyl (C=O) groups excluding carboxylic acids is 2. The highest BCUT2D eigenvalue weighted by molar-refractivity contribution is 5.86. The van der Waals surface area contributed by atoms with Gasteiger partial charge in [-0.25, -0.2) is 0 Å². The average molecular weight is 355 g/mol. The van der Waals surface area contributed by atoms with Crippen molar-refractivity contribution < 1.29 is 19.1 Å². The Morgan fingerprint density at radius 1 is 1.19 bits per heavy atom. The van der Waals surface area contributed by atoms with Gasteiger partial charge in [-0.1, -0.05) is 24.3 Å². The topological polar surface area (TPSA) is 55.8 Å². The zero-order chi connectivity index (χ0) is 17.9. The summed E-state index contributed by atoms with van der Waals surface area (Å²) >= 11 is 0. The fourth-order valence-electron chi connectivity index (χ4n) is 4.03. The van der Waals surface area contributed by atoms with E-state index in [9.17, 15) is 9.59 Å². The van der Waals surface area contributed by atoms with Gasteiger partial charge in [0.25, 0.3) is 5.91 Å². The van der Waals surface area contributed by atoms with Crippen molar-refractivity contribution >= 4 is 11.9 Å². The van der Waals surface area contributed by atoms with Gasteiger partial charge in [0.05, 0.1) is 6.61 Å². The Hall–Kier alpha value is -2.30. The molecule has 138 valence electrons. The molecule has 0 spiro atoms. The highest BCUT2D eigenvalue weighted by Gasteiger charge is 2.34. The summed E-state index contributed by atoms with van der Waals surface area (Å²) in [6, 6.07) is 6.18. The molecule has 2 aliphatic heterocycles. The molecule has 5 heteroatoms. The summed E-state index contributed by atoms with van der Waals surface area (Å²) in [6.45, 7) is 2.00. The van der Waals surface area contributed by atoms with E-state index in [0.29, 0.717) is 31.8 Å². The van der Waals surface area contributed by atoms with Gasteiger partial charge in [0.2, 0.25) is 0 Å². The maximum atomic E-state index is 13.0. The Kier molecular flexibility index (Phi) is 4.96. The van der Waals surface area contributed by atoms with Gasteiger partial charge in [-0.3, -0.25) is 9.59 Å². The number of rotatable bonds is 5. The Balaban J connectivity index is 1.50.